The zero-order valence-corrected chi connectivity index (χ0v) is 22.3. The zero-order chi connectivity index (χ0) is 27.2. The highest BCUT2D eigenvalue weighted by molar-refractivity contribution is 5.99. The van der Waals surface area contributed by atoms with Gasteiger partial charge >= 0.3 is 11.9 Å². The molecule has 0 spiro atoms. The van der Waals surface area contributed by atoms with Crippen molar-refractivity contribution in [2.24, 2.45) is 0 Å². The van der Waals surface area contributed by atoms with Gasteiger partial charge in [0.1, 0.15) is 22.8 Å². The van der Waals surface area contributed by atoms with Crippen LogP contribution < -0.4 is 18.9 Å². The fraction of sp³-hybridized carbons (Fsp3) is 0.433. The molecule has 2 heterocycles. The molecule has 0 radical (unpaired) electrons. The van der Waals surface area contributed by atoms with Gasteiger partial charge in [0.15, 0.2) is 11.5 Å². The zero-order valence-electron chi connectivity index (χ0n) is 22.3. The lowest BCUT2D eigenvalue weighted by molar-refractivity contribution is -0.135. The maximum atomic E-state index is 13.6. The van der Waals surface area contributed by atoms with E-state index in [1.165, 1.54) is 7.11 Å². The van der Waals surface area contributed by atoms with Crippen molar-refractivity contribution in [3.63, 3.8) is 0 Å². The van der Waals surface area contributed by atoms with Gasteiger partial charge in [0.2, 0.25) is 0 Å². The number of methoxy groups -OCH3 is 3. The predicted octanol–water partition coefficient (Wildman–Crippen LogP) is 5.64. The summed E-state index contributed by atoms with van der Waals surface area (Å²) in [6, 6.07) is 7.15. The molecule has 1 unspecified atom stereocenters. The molecule has 0 saturated heterocycles. The number of fused-ring (bicyclic) bond motifs is 2. The first-order valence-electron chi connectivity index (χ1n) is 12.9. The minimum Gasteiger partial charge on any atom is -0.495 e. The van der Waals surface area contributed by atoms with Crippen LogP contribution in [0.5, 0.6) is 23.0 Å². The number of allylic oxidation sites excluding steroid dienone is 1. The fourth-order valence-corrected chi connectivity index (χ4v) is 5.06. The van der Waals surface area contributed by atoms with Crippen LogP contribution in [0.1, 0.15) is 84.8 Å². The van der Waals surface area contributed by atoms with Crippen molar-refractivity contribution in [2.75, 3.05) is 21.3 Å². The van der Waals surface area contributed by atoms with E-state index in [9.17, 15) is 14.4 Å². The Bertz CT molecular complexity index is 1250. The topological polar surface area (TPSA) is 97.4 Å². The Morgan fingerprint density at radius 3 is 2.42 bits per heavy atom. The second-order valence-electron chi connectivity index (χ2n) is 9.57. The number of hydrogen-bond acceptors (Lipinski definition) is 8. The number of benzene rings is 2. The molecule has 38 heavy (non-hydrogen) atoms. The number of hydrogen-bond donors (Lipinski definition) is 0. The van der Waals surface area contributed by atoms with Crippen molar-refractivity contribution in [3.05, 3.63) is 52.6 Å². The molecule has 2 aromatic rings. The van der Waals surface area contributed by atoms with Crippen LogP contribution in [-0.2, 0) is 14.3 Å². The second-order valence-corrected chi connectivity index (χ2v) is 9.57. The molecular weight excluding hydrogens is 488 g/mol. The van der Waals surface area contributed by atoms with Gasteiger partial charge in [-0.3, -0.25) is 9.59 Å². The van der Waals surface area contributed by atoms with Crippen LogP contribution >= 0.6 is 0 Å². The van der Waals surface area contributed by atoms with E-state index in [0.29, 0.717) is 66.2 Å². The number of Topliss-reactive ketones (excluding diaryl/α,β-unsaturated/α-hetero) is 1. The third-order valence-electron chi connectivity index (χ3n) is 6.97. The van der Waals surface area contributed by atoms with E-state index in [1.807, 2.05) is 25.1 Å². The van der Waals surface area contributed by atoms with Gasteiger partial charge in [-0.05, 0) is 61.9 Å². The molecule has 0 amide bonds. The molecule has 8 heteroatoms. The van der Waals surface area contributed by atoms with Gasteiger partial charge < -0.3 is 23.7 Å². The third kappa shape index (κ3) is 5.85. The van der Waals surface area contributed by atoms with Crippen LogP contribution in [0.25, 0.3) is 6.08 Å². The Kier molecular flexibility index (Phi) is 8.71. The monoisotopic (exact) mass is 522 g/mol. The lowest BCUT2D eigenvalue weighted by Crippen LogP contribution is -2.24. The van der Waals surface area contributed by atoms with Crippen molar-refractivity contribution in [1.29, 1.82) is 0 Å². The Hall–Kier alpha value is -3.81. The van der Waals surface area contributed by atoms with Gasteiger partial charge in [0, 0.05) is 24.3 Å². The average molecular weight is 523 g/mol. The molecule has 2 aliphatic heterocycles. The summed E-state index contributed by atoms with van der Waals surface area (Å²) in [4.78, 5) is 38.4. The standard InChI is InChI=1S/C30H34O8/c1-18-9-8-12-21(31)11-7-5-6-10-20-16-25-28(29(36-4)27(20)30(33)37-18)22(17-26(32)38-25)19-13-14-23(34-2)24(15-19)35-3/h6,10,13-16,18,22H,5,7-9,11-12,17H2,1-4H3/t18-,22?/m0/s1. The average Bonchev–Trinajstić information content (AvgIpc) is 2.90. The smallest absolute Gasteiger partial charge is 0.342 e. The van der Waals surface area contributed by atoms with Gasteiger partial charge in [-0.15, -0.1) is 0 Å². The second kappa shape index (κ2) is 12.2. The van der Waals surface area contributed by atoms with Crippen molar-refractivity contribution in [3.8, 4) is 23.0 Å². The summed E-state index contributed by atoms with van der Waals surface area (Å²) in [5.74, 6) is 0.597. The van der Waals surface area contributed by atoms with Crippen LogP contribution in [0.3, 0.4) is 0 Å². The highest BCUT2D eigenvalue weighted by Gasteiger charge is 2.36. The van der Waals surface area contributed by atoms with E-state index in [4.69, 9.17) is 23.7 Å². The van der Waals surface area contributed by atoms with Gasteiger partial charge in [-0.25, -0.2) is 4.79 Å². The van der Waals surface area contributed by atoms with Crippen LogP contribution in [0.15, 0.2) is 30.3 Å². The van der Waals surface area contributed by atoms with Crippen molar-refractivity contribution in [1.82, 2.24) is 0 Å². The van der Waals surface area contributed by atoms with Crippen LogP contribution in [0, 0.1) is 0 Å². The van der Waals surface area contributed by atoms with Crippen LogP contribution in [0.4, 0.5) is 0 Å². The number of carbonyl (C=O) groups is 3. The Morgan fingerprint density at radius 2 is 1.68 bits per heavy atom. The molecule has 2 aliphatic rings. The fourth-order valence-electron chi connectivity index (χ4n) is 5.06. The summed E-state index contributed by atoms with van der Waals surface area (Å²) in [6.07, 6.45) is 7.04. The first kappa shape index (κ1) is 27.2. The molecule has 0 bridgehead atoms. The summed E-state index contributed by atoms with van der Waals surface area (Å²) >= 11 is 0. The number of cyclic esters (lactones) is 1. The number of esters is 2. The Balaban J connectivity index is 1.86. The molecule has 0 fully saturated rings. The number of ketones is 1. The van der Waals surface area contributed by atoms with Gasteiger partial charge in [0.05, 0.1) is 33.9 Å². The van der Waals surface area contributed by atoms with Gasteiger partial charge in [-0.1, -0.05) is 18.2 Å². The highest BCUT2D eigenvalue weighted by Crippen LogP contribution is 2.48. The molecular formula is C30H34O8. The summed E-state index contributed by atoms with van der Waals surface area (Å²) in [5, 5.41) is 0. The number of carbonyl (C=O) groups excluding carboxylic acids is 3. The van der Waals surface area contributed by atoms with E-state index in [2.05, 4.69) is 0 Å². The Morgan fingerprint density at radius 1 is 0.921 bits per heavy atom. The number of rotatable bonds is 4. The maximum absolute atomic E-state index is 13.6. The predicted molar refractivity (Wildman–Crippen MR) is 141 cm³/mol. The quantitative estimate of drug-likeness (QED) is 0.376. The van der Waals surface area contributed by atoms with E-state index in [0.717, 1.165) is 12.0 Å². The molecule has 2 aromatic carbocycles. The molecule has 0 aliphatic carbocycles. The molecule has 0 saturated carbocycles. The molecule has 0 aromatic heterocycles. The van der Waals surface area contributed by atoms with Gasteiger partial charge in [-0.2, -0.15) is 0 Å². The van der Waals surface area contributed by atoms with Crippen molar-refractivity contribution >= 4 is 23.8 Å². The molecule has 0 N–H and O–H groups in total. The third-order valence-corrected chi connectivity index (χ3v) is 6.97. The van der Waals surface area contributed by atoms with E-state index in [-0.39, 0.29) is 29.8 Å². The number of ether oxygens (including phenoxy) is 5. The minimum absolute atomic E-state index is 0.0624. The summed E-state index contributed by atoms with van der Waals surface area (Å²) in [7, 11) is 4.60. The largest absolute Gasteiger partial charge is 0.495 e. The van der Waals surface area contributed by atoms with Crippen molar-refractivity contribution in [2.45, 2.75) is 63.9 Å². The van der Waals surface area contributed by atoms with Gasteiger partial charge in [0.25, 0.3) is 0 Å². The lowest BCUT2D eigenvalue weighted by atomic mass is 9.83. The molecule has 202 valence electrons. The first-order valence-corrected chi connectivity index (χ1v) is 12.9. The minimum atomic E-state index is -0.525. The summed E-state index contributed by atoms with van der Waals surface area (Å²) in [6.45, 7) is 1.82. The molecule has 2 atom stereocenters. The van der Waals surface area contributed by atoms with E-state index < -0.39 is 11.9 Å². The summed E-state index contributed by atoms with van der Waals surface area (Å²) < 4.78 is 28.2. The summed E-state index contributed by atoms with van der Waals surface area (Å²) in [5.41, 5.74) is 2.21. The van der Waals surface area contributed by atoms with Crippen molar-refractivity contribution < 1.29 is 38.1 Å². The maximum Gasteiger partial charge on any atom is 0.342 e. The first-order chi connectivity index (χ1) is 18.4. The Labute approximate surface area is 222 Å². The highest BCUT2D eigenvalue weighted by atomic mass is 16.5. The molecule has 8 nitrogen and oxygen atoms in total. The molecule has 4 rings (SSSR count). The van der Waals surface area contributed by atoms with Crippen LogP contribution in [-0.4, -0.2) is 45.2 Å². The normalized spacial score (nSPS) is 20.4. The van der Waals surface area contributed by atoms with E-state index >= 15 is 0 Å². The lowest BCUT2D eigenvalue weighted by Gasteiger charge is -2.29. The van der Waals surface area contributed by atoms with E-state index in [1.54, 1.807) is 32.4 Å². The van der Waals surface area contributed by atoms with Crippen LogP contribution in [0.2, 0.25) is 0 Å². The SMILES string of the molecule is COc1ccc(C2CC(=O)Oc3cc4c(c(OC)c32)C(=O)O[C@@H](C)CCCC(=O)CCCC=C4)cc1OC.